The van der Waals surface area contributed by atoms with Crippen molar-refractivity contribution >= 4 is 52.3 Å². The molecule has 0 unspecified atom stereocenters. The number of nitrogens with one attached hydrogen (secondary N) is 1. The number of nitrogens with zero attached hydrogens (tertiary/aromatic N) is 2. The van der Waals surface area contributed by atoms with Gasteiger partial charge in [0.15, 0.2) is 11.9 Å². The second kappa shape index (κ2) is 7.98. The normalized spacial score (nSPS) is 11.5. The van der Waals surface area contributed by atoms with Crippen LogP contribution in [0.2, 0.25) is 10.0 Å². The van der Waals surface area contributed by atoms with Gasteiger partial charge in [0, 0.05) is 18.3 Å². The predicted octanol–water partition coefficient (Wildman–Crippen LogP) is 3.06. The number of nitrogen functional groups attached to an aromatic ring is 1. The van der Waals surface area contributed by atoms with Crippen LogP contribution >= 0.6 is 23.2 Å². The molecule has 0 aliphatic carbocycles. The molecule has 0 bridgehead atoms. The highest BCUT2D eigenvalue weighted by Gasteiger charge is 2.22. The molecule has 2 rings (SSSR count). The topological polar surface area (TPSA) is 137 Å². The number of halogens is 2. The van der Waals surface area contributed by atoms with E-state index < -0.39 is 22.9 Å². The molecule has 136 valence electrons. The largest absolute Gasteiger partial charge is 0.449 e. The first kappa shape index (κ1) is 19.4. The van der Waals surface area contributed by atoms with Crippen LogP contribution in [0.4, 0.5) is 17.2 Å². The molecule has 0 fully saturated rings. The van der Waals surface area contributed by atoms with E-state index in [1.54, 1.807) is 0 Å². The lowest BCUT2D eigenvalue weighted by molar-refractivity contribution is -0.384. The summed E-state index contributed by atoms with van der Waals surface area (Å²) in [4.78, 5) is 38.1. The lowest BCUT2D eigenvalue weighted by Crippen LogP contribution is -2.30. The molecule has 11 heteroatoms. The van der Waals surface area contributed by atoms with Crippen LogP contribution in [0.15, 0.2) is 30.5 Å². The van der Waals surface area contributed by atoms with Gasteiger partial charge in [-0.05, 0) is 19.1 Å². The minimum atomic E-state index is -1.20. The summed E-state index contributed by atoms with van der Waals surface area (Å²) in [6.45, 7) is 1.33. The Morgan fingerprint density at radius 3 is 2.62 bits per heavy atom. The number of benzene rings is 1. The van der Waals surface area contributed by atoms with Gasteiger partial charge in [0.1, 0.15) is 0 Å². The van der Waals surface area contributed by atoms with E-state index in [0.29, 0.717) is 5.02 Å². The number of hydrogen-bond acceptors (Lipinski definition) is 7. The van der Waals surface area contributed by atoms with Crippen LogP contribution in [0.1, 0.15) is 17.3 Å². The Morgan fingerprint density at radius 2 is 2.04 bits per heavy atom. The standard InChI is InChI=1S/C15H12Cl2N4O5/c1-7(14(22)20-13-11(17)4-8(16)6-19-13)26-15(23)10-3-2-9(21(24)25)5-12(10)18/h2-7H,18H2,1H3,(H,19,20,22)/t7-/m0/s1. The molecule has 26 heavy (non-hydrogen) atoms. The number of esters is 1. The zero-order valence-electron chi connectivity index (χ0n) is 13.2. The summed E-state index contributed by atoms with van der Waals surface area (Å²) in [5, 5.41) is 13.5. The van der Waals surface area contributed by atoms with Crippen LogP contribution in [0.3, 0.4) is 0 Å². The van der Waals surface area contributed by atoms with Gasteiger partial charge in [-0.2, -0.15) is 0 Å². The molecular weight excluding hydrogens is 387 g/mol. The van der Waals surface area contributed by atoms with E-state index in [1.165, 1.54) is 19.2 Å². The number of hydrogen-bond donors (Lipinski definition) is 2. The average molecular weight is 399 g/mol. The van der Waals surface area contributed by atoms with Crippen molar-refractivity contribution in [3.8, 4) is 0 Å². The molecule has 1 amide bonds. The maximum atomic E-state index is 12.1. The Morgan fingerprint density at radius 1 is 1.35 bits per heavy atom. The molecule has 3 N–H and O–H groups in total. The van der Waals surface area contributed by atoms with Gasteiger partial charge in [-0.25, -0.2) is 9.78 Å². The van der Waals surface area contributed by atoms with Gasteiger partial charge in [-0.15, -0.1) is 0 Å². The molecule has 9 nitrogen and oxygen atoms in total. The molecule has 0 spiro atoms. The van der Waals surface area contributed by atoms with Crippen LogP contribution in [0.25, 0.3) is 0 Å². The van der Waals surface area contributed by atoms with Crippen molar-refractivity contribution in [2.24, 2.45) is 0 Å². The number of ether oxygens (including phenoxy) is 1. The Balaban J connectivity index is 2.06. The van der Waals surface area contributed by atoms with Crippen molar-refractivity contribution < 1.29 is 19.2 Å². The van der Waals surface area contributed by atoms with E-state index in [0.717, 1.165) is 18.2 Å². The number of carbonyl (C=O) groups is 2. The second-order valence-corrected chi connectivity index (χ2v) is 5.89. The minimum Gasteiger partial charge on any atom is -0.449 e. The molecule has 1 aromatic heterocycles. The van der Waals surface area contributed by atoms with Gasteiger partial charge in [-0.1, -0.05) is 23.2 Å². The third-order valence-corrected chi connectivity index (χ3v) is 3.66. The molecule has 2 aromatic rings. The third kappa shape index (κ3) is 4.58. The maximum Gasteiger partial charge on any atom is 0.341 e. The molecule has 0 radical (unpaired) electrons. The highest BCUT2D eigenvalue weighted by Crippen LogP contribution is 2.23. The summed E-state index contributed by atoms with van der Waals surface area (Å²) < 4.78 is 5.02. The average Bonchev–Trinajstić information content (AvgIpc) is 2.56. The van der Waals surface area contributed by atoms with Crippen molar-refractivity contribution in [2.75, 3.05) is 11.1 Å². The van der Waals surface area contributed by atoms with Crippen molar-refractivity contribution in [1.29, 1.82) is 0 Å². The first-order valence-corrected chi connectivity index (χ1v) is 7.81. The quantitative estimate of drug-likeness (QED) is 0.341. The molecule has 1 heterocycles. The van der Waals surface area contributed by atoms with Gasteiger partial charge in [0.05, 0.1) is 26.2 Å². The number of nitro groups is 1. The monoisotopic (exact) mass is 398 g/mol. The Bertz CT molecular complexity index is 890. The highest BCUT2D eigenvalue weighted by atomic mass is 35.5. The smallest absolute Gasteiger partial charge is 0.341 e. The first-order chi connectivity index (χ1) is 12.2. The Labute approximate surface area is 157 Å². The number of carbonyl (C=O) groups excluding carboxylic acids is 2. The number of anilines is 2. The lowest BCUT2D eigenvalue weighted by Gasteiger charge is -2.14. The number of pyridine rings is 1. The van der Waals surface area contributed by atoms with E-state index in [-0.39, 0.29) is 27.8 Å². The van der Waals surface area contributed by atoms with Crippen LogP contribution < -0.4 is 11.1 Å². The zero-order chi connectivity index (χ0) is 19.4. The van der Waals surface area contributed by atoms with Gasteiger partial charge in [0.25, 0.3) is 11.6 Å². The van der Waals surface area contributed by atoms with Crippen LogP contribution in [-0.2, 0) is 9.53 Å². The van der Waals surface area contributed by atoms with Crippen molar-refractivity contribution in [3.05, 3.63) is 56.2 Å². The van der Waals surface area contributed by atoms with Crippen LogP contribution in [0, 0.1) is 10.1 Å². The van der Waals surface area contributed by atoms with Crippen molar-refractivity contribution in [1.82, 2.24) is 4.98 Å². The maximum absolute atomic E-state index is 12.1. The third-order valence-electron chi connectivity index (χ3n) is 3.17. The second-order valence-electron chi connectivity index (χ2n) is 5.05. The zero-order valence-corrected chi connectivity index (χ0v) is 14.7. The van der Waals surface area contributed by atoms with E-state index >= 15 is 0 Å². The molecule has 0 aliphatic heterocycles. The number of nitro benzene ring substituents is 1. The molecule has 1 aromatic carbocycles. The molecule has 0 aliphatic rings. The van der Waals surface area contributed by atoms with E-state index in [4.69, 9.17) is 33.7 Å². The molecule has 0 saturated heterocycles. The summed E-state index contributed by atoms with van der Waals surface area (Å²) in [7, 11) is 0. The van der Waals surface area contributed by atoms with E-state index in [9.17, 15) is 19.7 Å². The van der Waals surface area contributed by atoms with Crippen molar-refractivity contribution in [3.63, 3.8) is 0 Å². The summed E-state index contributed by atoms with van der Waals surface area (Å²) in [6, 6.07) is 4.67. The fourth-order valence-electron chi connectivity index (χ4n) is 1.85. The van der Waals surface area contributed by atoms with Gasteiger partial charge < -0.3 is 15.8 Å². The fraction of sp³-hybridized carbons (Fsp3) is 0.133. The Hall–Kier alpha value is -2.91. The predicted molar refractivity (Wildman–Crippen MR) is 95.3 cm³/mol. The summed E-state index contributed by atoms with van der Waals surface area (Å²) >= 11 is 11.6. The van der Waals surface area contributed by atoms with Crippen LogP contribution in [-0.4, -0.2) is 27.9 Å². The molecule has 0 saturated carbocycles. The number of amides is 1. The summed E-state index contributed by atoms with van der Waals surface area (Å²) in [6.07, 6.45) is 0.0859. The number of rotatable bonds is 5. The van der Waals surface area contributed by atoms with E-state index in [1.807, 2.05) is 0 Å². The summed E-state index contributed by atoms with van der Waals surface area (Å²) in [5.41, 5.74) is 5.11. The SMILES string of the molecule is C[C@H](OC(=O)c1ccc([N+](=O)[O-])cc1N)C(=O)Nc1ncc(Cl)cc1Cl. The molecular formula is C15H12Cl2N4O5. The fourth-order valence-corrected chi connectivity index (χ4v) is 2.28. The number of aromatic nitrogens is 1. The summed E-state index contributed by atoms with van der Waals surface area (Å²) in [5.74, 6) is -1.54. The number of nitrogens with two attached hydrogens (primary N) is 1. The van der Waals surface area contributed by atoms with Gasteiger partial charge >= 0.3 is 5.97 Å². The lowest BCUT2D eigenvalue weighted by atomic mass is 10.1. The Kier molecular flexibility index (Phi) is 5.96. The number of non-ortho nitro benzene ring substituents is 1. The minimum absolute atomic E-state index is 0.0545. The molecule has 1 atom stereocenters. The van der Waals surface area contributed by atoms with Gasteiger partial charge in [0.2, 0.25) is 0 Å². The van der Waals surface area contributed by atoms with Crippen molar-refractivity contribution in [2.45, 2.75) is 13.0 Å². The highest BCUT2D eigenvalue weighted by molar-refractivity contribution is 6.36. The first-order valence-electron chi connectivity index (χ1n) is 7.06. The van der Waals surface area contributed by atoms with Crippen LogP contribution in [0.5, 0.6) is 0 Å². The van der Waals surface area contributed by atoms with E-state index in [2.05, 4.69) is 10.3 Å². The van der Waals surface area contributed by atoms with Gasteiger partial charge in [-0.3, -0.25) is 14.9 Å².